The number of methoxy groups -OCH3 is 2. The van der Waals surface area contributed by atoms with Crippen molar-refractivity contribution in [3.05, 3.63) is 55.5 Å². The molecule has 0 atom stereocenters. The Balaban J connectivity index is 2.29. The largest absolute Gasteiger partial charge is 0.495 e. The van der Waals surface area contributed by atoms with E-state index in [1.807, 2.05) is 0 Å². The van der Waals surface area contributed by atoms with Gasteiger partial charge in [0.1, 0.15) is 11.5 Å². The van der Waals surface area contributed by atoms with Gasteiger partial charge in [-0.3, -0.25) is 0 Å². The summed E-state index contributed by atoms with van der Waals surface area (Å²) in [6.07, 6.45) is 2.96. The third-order valence-electron chi connectivity index (χ3n) is 2.94. The van der Waals surface area contributed by atoms with Crippen LogP contribution in [-0.4, -0.2) is 26.6 Å². The number of nitrogens with zero attached hydrogens (tertiary/aromatic N) is 2. The van der Waals surface area contributed by atoms with Crippen molar-refractivity contribution in [2.75, 3.05) is 14.2 Å². The van der Waals surface area contributed by atoms with E-state index in [0.29, 0.717) is 42.7 Å². The molecule has 0 fully saturated rings. The first-order chi connectivity index (χ1) is 11.5. The van der Waals surface area contributed by atoms with Gasteiger partial charge in [0.15, 0.2) is 0 Å². The Bertz CT molecular complexity index is 740. The Morgan fingerprint density at radius 3 is 1.42 bits per heavy atom. The SMILES string of the molecule is COc1c(Cl)cc(Cl)cc1/C=N/N=C/c1cc(Cl)cc(Cl)c1OC. The van der Waals surface area contributed by atoms with Crippen LogP contribution in [0.3, 0.4) is 0 Å². The van der Waals surface area contributed by atoms with Crippen LogP contribution in [0.2, 0.25) is 20.1 Å². The number of rotatable bonds is 5. The molecular weight excluding hydrogens is 394 g/mol. The molecule has 0 N–H and O–H groups in total. The molecule has 0 spiro atoms. The van der Waals surface area contributed by atoms with Crippen LogP contribution in [0, 0.1) is 0 Å². The molecule has 126 valence electrons. The molecular formula is C16H12Cl4N2O2. The minimum Gasteiger partial charge on any atom is -0.495 e. The molecule has 4 nitrogen and oxygen atoms in total. The Kier molecular flexibility index (Phi) is 6.75. The van der Waals surface area contributed by atoms with Crippen molar-refractivity contribution in [1.82, 2.24) is 0 Å². The summed E-state index contributed by atoms with van der Waals surface area (Å²) in [5.41, 5.74) is 1.20. The molecule has 0 radical (unpaired) electrons. The van der Waals surface area contributed by atoms with Crippen molar-refractivity contribution in [3.63, 3.8) is 0 Å². The van der Waals surface area contributed by atoms with Crippen molar-refractivity contribution in [2.45, 2.75) is 0 Å². The summed E-state index contributed by atoms with van der Waals surface area (Å²) in [6, 6.07) is 6.51. The van der Waals surface area contributed by atoms with Gasteiger partial charge in [-0.1, -0.05) is 46.4 Å². The molecule has 0 saturated carbocycles. The minimum atomic E-state index is 0.388. The van der Waals surface area contributed by atoms with Gasteiger partial charge in [-0.2, -0.15) is 10.2 Å². The van der Waals surface area contributed by atoms with E-state index in [4.69, 9.17) is 55.9 Å². The first kappa shape index (κ1) is 18.9. The molecule has 0 aliphatic rings. The van der Waals surface area contributed by atoms with Gasteiger partial charge < -0.3 is 9.47 Å². The van der Waals surface area contributed by atoms with Gasteiger partial charge >= 0.3 is 0 Å². The van der Waals surface area contributed by atoms with Crippen LogP contribution in [0.25, 0.3) is 0 Å². The fraction of sp³-hybridized carbons (Fsp3) is 0.125. The van der Waals surface area contributed by atoms with Crippen molar-refractivity contribution in [1.29, 1.82) is 0 Å². The van der Waals surface area contributed by atoms with Gasteiger partial charge in [0, 0.05) is 21.2 Å². The standard InChI is InChI=1S/C16H12Cl4N2O2/c1-23-15-9(3-11(17)5-13(15)19)7-21-22-8-10-4-12(18)6-14(20)16(10)24-2/h3-8H,1-2H3/b21-7+,22-8+. The van der Waals surface area contributed by atoms with E-state index in [-0.39, 0.29) is 0 Å². The normalized spacial score (nSPS) is 11.4. The van der Waals surface area contributed by atoms with Crippen LogP contribution in [0.15, 0.2) is 34.5 Å². The maximum Gasteiger partial charge on any atom is 0.146 e. The van der Waals surface area contributed by atoms with Crippen LogP contribution in [0.5, 0.6) is 11.5 Å². The highest BCUT2D eigenvalue weighted by Gasteiger charge is 2.09. The van der Waals surface area contributed by atoms with Crippen LogP contribution in [-0.2, 0) is 0 Å². The first-order valence-electron chi connectivity index (χ1n) is 6.58. The number of benzene rings is 2. The second-order valence-electron chi connectivity index (χ2n) is 4.51. The molecule has 24 heavy (non-hydrogen) atoms. The molecule has 2 rings (SSSR count). The number of hydrogen-bond acceptors (Lipinski definition) is 4. The molecule has 0 saturated heterocycles. The van der Waals surface area contributed by atoms with E-state index in [1.54, 1.807) is 24.3 Å². The van der Waals surface area contributed by atoms with Gasteiger partial charge in [-0.25, -0.2) is 0 Å². The van der Waals surface area contributed by atoms with E-state index in [0.717, 1.165) is 0 Å². The van der Waals surface area contributed by atoms with Gasteiger partial charge in [0.05, 0.1) is 36.7 Å². The molecule has 2 aromatic carbocycles. The molecule has 0 aliphatic heterocycles. The fourth-order valence-corrected chi connectivity index (χ4v) is 3.15. The van der Waals surface area contributed by atoms with Gasteiger partial charge in [0.25, 0.3) is 0 Å². The summed E-state index contributed by atoms with van der Waals surface area (Å²) in [5, 5.41) is 9.65. The summed E-state index contributed by atoms with van der Waals surface area (Å²) in [5.74, 6) is 0.923. The molecule has 8 heteroatoms. The van der Waals surface area contributed by atoms with Crippen molar-refractivity contribution >= 4 is 58.8 Å². The molecule has 0 amide bonds. The summed E-state index contributed by atoms with van der Waals surface area (Å²) >= 11 is 24.1. The third kappa shape index (κ3) is 4.54. The highest BCUT2D eigenvalue weighted by Crippen LogP contribution is 2.32. The Hall–Kier alpha value is -1.46. The predicted molar refractivity (Wildman–Crippen MR) is 101 cm³/mol. The zero-order valence-corrected chi connectivity index (χ0v) is 15.7. The van der Waals surface area contributed by atoms with Crippen molar-refractivity contribution < 1.29 is 9.47 Å². The average molecular weight is 406 g/mol. The maximum absolute atomic E-state index is 6.06. The molecule has 0 aromatic heterocycles. The number of hydrogen-bond donors (Lipinski definition) is 0. The summed E-state index contributed by atoms with van der Waals surface area (Å²) in [6.45, 7) is 0. The van der Waals surface area contributed by atoms with Crippen LogP contribution in [0.4, 0.5) is 0 Å². The summed E-state index contributed by atoms with van der Waals surface area (Å²) in [7, 11) is 3.02. The lowest BCUT2D eigenvalue weighted by Gasteiger charge is -2.07. The third-order valence-corrected chi connectivity index (χ3v) is 3.94. The summed E-state index contributed by atoms with van der Waals surface area (Å²) < 4.78 is 10.5. The molecule has 0 aliphatic carbocycles. The highest BCUT2D eigenvalue weighted by atomic mass is 35.5. The van der Waals surface area contributed by atoms with Crippen LogP contribution in [0.1, 0.15) is 11.1 Å². The van der Waals surface area contributed by atoms with E-state index in [1.165, 1.54) is 26.6 Å². The van der Waals surface area contributed by atoms with Gasteiger partial charge in [-0.05, 0) is 24.3 Å². The quantitative estimate of drug-likeness (QED) is 0.468. The Morgan fingerprint density at radius 1 is 0.708 bits per heavy atom. The zero-order valence-electron chi connectivity index (χ0n) is 12.7. The smallest absolute Gasteiger partial charge is 0.146 e. The van der Waals surface area contributed by atoms with Gasteiger partial charge in [0.2, 0.25) is 0 Å². The monoisotopic (exact) mass is 404 g/mol. The van der Waals surface area contributed by atoms with Crippen molar-refractivity contribution in [2.24, 2.45) is 10.2 Å². The van der Waals surface area contributed by atoms with Crippen LogP contribution < -0.4 is 9.47 Å². The molecule has 0 bridgehead atoms. The lowest BCUT2D eigenvalue weighted by atomic mass is 10.2. The van der Waals surface area contributed by atoms with E-state index >= 15 is 0 Å². The Morgan fingerprint density at radius 2 is 1.08 bits per heavy atom. The second-order valence-corrected chi connectivity index (χ2v) is 6.20. The highest BCUT2D eigenvalue weighted by molar-refractivity contribution is 6.36. The van der Waals surface area contributed by atoms with E-state index in [2.05, 4.69) is 10.2 Å². The molecule has 0 unspecified atom stereocenters. The van der Waals surface area contributed by atoms with Crippen molar-refractivity contribution in [3.8, 4) is 11.5 Å². The zero-order chi connectivity index (χ0) is 17.7. The minimum absolute atomic E-state index is 0.388. The number of halogens is 4. The lowest BCUT2D eigenvalue weighted by Crippen LogP contribution is -1.93. The number of ether oxygens (including phenoxy) is 2. The second kappa shape index (κ2) is 8.58. The topological polar surface area (TPSA) is 43.2 Å². The Labute approximate surface area is 159 Å². The van der Waals surface area contributed by atoms with Crippen LogP contribution >= 0.6 is 46.4 Å². The summed E-state index contributed by atoms with van der Waals surface area (Å²) in [4.78, 5) is 0. The predicted octanol–water partition coefficient (Wildman–Crippen LogP) is 5.77. The van der Waals surface area contributed by atoms with E-state index < -0.39 is 0 Å². The maximum atomic E-state index is 6.06. The molecule has 0 heterocycles. The fourth-order valence-electron chi connectivity index (χ4n) is 1.97. The lowest BCUT2D eigenvalue weighted by molar-refractivity contribution is 0.414. The average Bonchev–Trinajstić information content (AvgIpc) is 2.50. The molecule has 2 aromatic rings. The van der Waals surface area contributed by atoms with E-state index in [9.17, 15) is 0 Å². The first-order valence-corrected chi connectivity index (χ1v) is 8.10. The van der Waals surface area contributed by atoms with Gasteiger partial charge in [-0.15, -0.1) is 0 Å².